The summed E-state index contributed by atoms with van der Waals surface area (Å²) in [6, 6.07) is 15.0. The van der Waals surface area contributed by atoms with E-state index in [1.807, 2.05) is 0 Å². The van der Waals surface area contributed by atoms with Gasteiger partial charge in [0, 0.05) is 11.8 Å². The van der Waals surface area contributed by atoms with Gasteiger partial charge in [0.1, 0.15) is 17.4 Å². The lowest BCUT2D eigenvalue weighted by Gasteiger charge is -2.13. The fourth-order valence-corrected chi connectivity index (χ4v) is 3.95. The van der Waals surface area contributed by atoms with Crippen LogP contribution < -0.4 is 14.8 Å². The Labute approximate surface area is 172 Å². The van der Waals surface area contributed by atoms with Gasteiger partial charge in [0.25, 0.3) is 15.9 Å². The third-order valence-corrected chi connectivity index (χ3v) is 5.55. The summed E-state index contributed by atoms with van der Waals surface area (Å²) in [7, 11) is -4.10. The predicted octanol–water partition coefficient (Wildman–Crippen LogP) is 4.09. The molecule has 2 N–H and O–H groups in total. The van der Waals surface area contributed by atoms with Crippen LogP contribution in [0.5, 0.6) is 5.75 Å². The van der Waals surface area contributed by atoms with E-state index < -0.39 is 34.2 Å². The average Bonchev–Trinajstić information content (AvgIpc) is 2.69. The van der Waals surface area contributed by atoms with Crippen molar-refractivity contribution in [2.45, 2.75) is 11.8 Å². The van der Waals surface area contributed by atoms with Crippen LogP contribution in [-0.2, 0) is 14.8 Å². The highest BCUT2D eigenvalue weighted by molar-refractivity contribution is 7.92. The van der Waals surface area contributed by atoms with E-state index in [-0.39, 0.29) is 22.0 Å². The molecule has 1 amide bonds. The molecule has 0 aliphatic heterocycles. The smallest absolute Gasteiger partial charge is 0.262 e. The van der Waals surface area contributed by atoms with Crippen molar-refractivity contribution in [3.63, 3.8) is 0 Å². The largest absolute Gasteiger partial charge is 0.484 e. The summed E-state index contributed by atoms with van der Waals surface area (Å²) >= 11 is 0. The van der Waals surface area contributed by atoms with Gasteiger partial charge in [-0.1, -0.05) is 24.3 Å². The molecule has 0 saturated heterocycles. The Hall–Kier alpha value is -3.46. The predicted molar refractivity (Wildman–Crippen MR) is 109 cm³/mol. The molecular weight excluding hydrogens is 414 g/mol. The first kappa shape index (κ1) is 21.3. The Bertz CT molecular complexity index is 1180. The van der Waals surface area contributed by atoms with Crippen LogP contribution in [0, 0.1) is 18.6 Å². The minimum atomic E-state index is -4.10. The molecule has 0 atom stereocenters. The van der Waals surface area contributed by atoms with Gasteiger partial charge in [-0.2, -0.15) is 0 Å². The number of para-hydroxylation sites is 1. The van der Waals surface area contributed by atoms with E-state index in [1.165, 1.54) is 54.6 Å². The Balaban J connectivity index is 1.72. The van der Waals surface area contributed by atoms with Crippen LogP contribution in [0.25, 0.3) is 0 Å². The number of amides is 1. The fourth-order valence-electron chi connectivity index (χ4n) is 2.61. The second-order valence-electron chi connectivity index (χ2n) is 6.36. The summed E-state index contributed by atoms with van der Waals surface area (Å²) in [5, 5.41) is 2.52. The normalized spacial score (nSPS) is 11.0. The lowest BCUT2D eigenvalue weighted by atomic mass is 10.2. The van der Waals surface area contributed by atoms with E-state index in [0.717, 1.165) is 12.1 Å². The second-order valence-corrected chi connectivity index (χ2v) is 8.01. The Morgan fingerprint density at radius 3 is 2.50 bits per heavy atom. The summed E-state index contributed by atoms with van der Waals surface area (Å²) in [6.45, 7) is 1.18. The molecule has 0 bridgehead atoms. The molecular formula is C21H18F2N2O4S. The molecule has 0 unspecified atom stereocenters. The lowest BCUT2D eigenvalue weighted by Crippen LogP contribution is -2.21. The number of rotatable bonds is 7. The molecule has 3 rings (SSSR count). The number of carbonyl (C=O) groups is 1. The van der Waals surface area contributed by atoms with Crippen molar-refractivity contribution in [2.75, 3.05) is 16.6 Å². The summed E-state index contributed by atoms with van der Waals surface area (Å²) < 4.78 is 59.8. The van der Waals surface area contributed by atoms with Gasteiger partial charge in [-0.15, -0.1) is 0 Å². The molecule has 156 valence electrons. The van der Waals surface area contributed by atoms with E-state index >= 15 is 0 Å². The molecule has 0 aliphatic rings. The van der Waals surface area contributed by atoms with Gasteiger partial charge in [0.15, 0.2) is 6.61 Å². The first-order chi connectivity index (χ1) is 14.2. The van der Waals surface area contributed by atoms with Gasteiger partial charge in [-0.25, -0.2) is 17.2 Å². The van der Waals surface area contributed by atoms with Gasteiger partial charge < -0.3 is 10.1 Å². The number of ether oxygens (including phenoxy) is 1. The monoisotopic (exact) mass is 432 g/mol. The summed E-state index contributed by atoms with van der Waals surface area (Å²) in [5.74, 6) is -1.58. The zero-order valence-corrected chi connectivity index (χ0v) is 16.7. The van der Waals surface area contributed by atoms with Crippen molar-refractivity contribution < 1.29 is 26.7 Å². The Kier molecular flexibility index (Phi) is 6.31. The molecule has 0 spiro atoms. The first-order valence-corrected chi connectivity index (χ1v) is 10.3. The van der Waals surface area contributed by atoms with Crippen LogP contribution in [-0.4, -0.2) is 20.9 Å². The number of sulfonamides is 1. The molecule has 0 aromatic heterocycles. The Morgan fingerprint density at radius 2 is 1.77 bits per heavy atom. The summed E-state index contributed by atoms with van der Waals surface area (Å²) in [6.07, 6.45) is 0. The van der Waals surface area contributed by atoms with Crippen molar-refractivity contribution >= 4 is 27.3 Å². The quantitative estimate of drug-likeness (QED) is 0.589. The molecule has 3 aromatic rings. The number of hydrogen-bond donors (Lipinski definition) is 2. The maximum absolute atomic E-state index is 13.8. The van der Waals surface area contributed by atoms with Crippen molar-refractivity contribution in [3.8, 4) is 5.75 Å². The van der Waals surface area contributed by atoms with Crippen molar-refractivity contribution in [1.82, 2.24) is 0 Å². The van der Waals surface area contributed by atoms with E-state index in [0.29, 0.717) is 5.56 Å². The minimum Gasteiger partial charge on any atom is -0.484 e. The van der Waals surface area contributed by atoms with Crippen LogP contribution in [0.4, 0.5) is 20.2 Å². The Morgan fingerprint density at radius 1 is 1.00 bits per heavy atom. The minimum absolute atomic E-state index is 0.116. The number of aryl methyl sites for hydroxylation is 1. The van der Waals surface area contributed by atoms with Gasteiger partial charge in [-0.05, 0) is 48.9 Å². The standard InChI is InChI=1S/C21H18F2N2O4S/c1-14-9-10-16(24-21(26)13-29-17-6-4-5-15(22)11-17)12-20(14)30(27,28)25-19-8-3-2-7-18(19)23/h2-12,25H,13H2,1H3,(H,24,26). The van der Waals surface area contributed by atoms with Crippen LogP contribution in [0.15, 0.2) is 71.6 Å². The second kappa shape index (κ2) is 8.91. The van der Waals surface area contributed by atoms with Crippen LogP contribution >= 0.6 is 0 Å². The molecule has 3 aromatic carbocycles. The van der Waals surface area contributed by atoms with Crippen molar-refractivity contribution in [3.05, 3.63) is 83.9 Å². The first-order valence-electron chi connectivity index (χ1n) is 8.81. The summed E-state index contributed by atoms with van der Waals surface area (Å²) in [4.78, 5) is 12.0. The molecule has 0 fully saturated rings. The third kappa shape index (κ3) is 5.32. The molecule has 0 heterocycles. The van der Waals surface area contributed by atoms with E-state index in [9.17, 15) is 22.0 Å². The SMILES string of the molecule is Cc1ccc(NC(=O)COc2cccc(F)c2)cc1S(=O)(=O)Nc1ccccc1F. The van der Waals surface area contributed by atoms with E-state index in [1.54, 1.807) is 6.92 Å². The highest BCUT2D eigenvalue weighted by atomic mass is 32.2. The zero-order chi connectivity index (χ0) is 21.7. The zero-order valence-electron chi connectivity index (χ0n) is 15.9. The molecule has 30 heavy (non-hydrogen) atoms. The third-order valence-electron chi connectivity index (χ3n) is 4.05. The fraction of sp³-hybridized carbons (Fsp3) is 0.0952. The lowest BCUT2D eigenvalue weighted by molar-refractivity contribution is -0.118. The van der Waals surface area contributed by atoms with Crippen LogP contribution in [0.3, 0.4) is 0 Å². The van der Waals surface area contributed by atoms with Gasteiger partial charge >= 0.3 is 0 Å². The van der Waals surface area contributed by atoms with Gasteiger partial charge in [-0.3, -0.25) is 9.52 Å². The number of carbonyl (C=O) groups excluding carboxylic acids is 1. The molecule has 0 radical (unpaired) electrons. The molecule has 0 aliphatic carbocycles. The highest BCUT2D eigenvalue weighted by Crippen LogP contribution is 2.24. The van der Waals surface area contributed by atoms with E-state index in [2.05, 4.69) is 10.0 Å². The van der Waals surface area contributed by atoms with Crippen molar-refractivity contribution in [1.29, 1.82) is 0 Å². The highest BCUT2D eigenvalue weighted by Gasteiger charge is 2.19. The number of anilines is 2. The molecule has 9 heteroatoms. The number of benzene rings is 3. The number of hydrogen-bond acceptors (Lipinski definition) is 4. The molecule has 6 nitrogen and oxygen atoms in total. The number of halogens is 2. The van der Waals surface area contributed by atoms with Crippen LogP contribution in [0.2, 0.25) is 0 Å². The van der Waals surface area contributed by atoms with Crippen LogP contribution in [0.1, 0.15) is 5.56 Å². The van der Waals surface area contributed by atoms with Crippen molar-refractivity contribution in [2.24, 2.45) is 0 Å². The summed E-state index contributed by atoms with van der Waals surface area (Å²) in [5.41, 5.74) is 0.435. The average molecular weight is 432 g/mol. The van der Waals surface area contributed by atoms with E-state index in [4.69, 9.17) is 4.74 Å². The molecule has 0 saturated carbocycles. The number of nitrogens with one attached hydrogen (secondary N) is 2. The van der Waals surface area contributed by atoms with Gasteiger partial charge in [0.2, 0.25) is 0 Å². The van der Waals surface area contributed by atoms with Gasteiger partial charge in [0.05, 0.1) is 10.6 Å². The maximum atomic E-state index is 13.8. The topological polar surface area (TPSA) is 84.5 Å². The maximum Gasteiger partial charge on any atom is 0.262 e.